The quantitative estimate of drug-likeness (QED) is 0.253. The third-order valence-corrected chi connectivity index (χ3v) is 7.58. The molecule has 0 amide bonds. The van der Waals surface area contributed by atoms with Crippen molar-refractivity contribution in [2.24, 2.45) is 5.92 Å². The van der Waals surface area contributed by atoms with E-state index in [9.17, 15) is 9.90 Å². The molecule has 3 aromatic carbocycles. The number of pyridine rings is 1. The Morgan fingerprint density at radius 3 is 2.51 bits per heavy atom. The van der Waals surface area contributed by atoms with Crippen LogP contribution in [-0.4, -0.2) is 36.0 Å². The molecule has 41 heavy (non-hydrogen) atoms. The molecule has 4 aromatic rings. The van der Waals surface area contributed by atoms with E-state index in [4.69, 9.17) is 23.9 Å². The van der Waals surface area contributed by atoms with Crippen LogP contribution in [-0.2, 0) is 11.4 Å². The summed E-state index contributed by atoms with van der Waals surface area (Å²) in [5.41, 5.74) is 4.15. The van der Waals surface area contributed by atoms with Crippen molar-refractivity contribution in [1.29, 1.82) is 0 Å². The summed E-state index contributed by atoms with van der Waals surface area (Å²) < 4.78 is 23.0. The number of aliphatic carboxylic acids is 1. The number of anilines is 1. The van der Waals surface area contributed by atoms with E-state index in [1.165, 1.54) is 0 Å². The molecule has 6 rings (SSSR count). The largest absolute Gasteiger partial charge is 0.497 e. The second-order valence-electron chi connectivity index (χ2n) is 10.6. The molecular formula is C33H32N2O6. The summed E-state index contributed by atoms with van der Waals surface area (Å²) in [5.74, 6) is 0.326. The molecule has 0 saturated heterocycles. The zero-order valence-corrected chi connectivity index (χ0v) is 23.2. The summed E-state index contributed by atoms with van der Waals surface area (Å²) in [5, 5.41) is 14.2. The normalized spacial score (nSPS) is 18.7. The smallest absolute Gasteiger partial charge is 0.308 e. The summed E-state index contributed by atoms with van der Waals surface area (Å²) in [7, 11) is 1.60. The lowest BCUT2D eigenvalue weighted by atomic mass is 9.79. The van der Waals surface area contributed by atoms with Gasteiger partial charge >= 0.3 is 5.97 Å². The van der Waals surface area contributed by atoms with Gasteiger partial charge < -0.3 is 29.4 Å². The minimum absolute atomic E-state index is 0.144. The van der Waals surface area contributed by atoms with Crippen LogP contribution >= 0.6 is 0 Å². The van der Waals surface area contributed by atoms with Crippen molar-refractivity contribution in [3.05, 3.63) is 107 Å². The molecule has 0 radical (unpaired) electrons. The predicted octanol–water partition coefficient (Wildman–Crippen LogP) is 6.20. The molecule has 0 saturated carbocycles. The zero-order valence-electron chi connectivity index (χ0n) is 23.2. The van der Waals surface area contributed by atoms with E-state index in [0.29, 0.717) is 41.1 Å². The number of hydrogen-bond donors (Lipinski definition) is 2. The van der Waals surface area contributed by atoms with Gasteiger partial charge in [-0.05, 0) is 54.8 Å². The first-order valence-corrected chi connectivity index (χ1v) is 13.7. The maximum absolute atomic E-state index is 13.2. The van der Waals surface area contributed by atoms with Crippen LogP contribution in [0.3, 0.4) is 0 Å². The summed E-state index contributed by atoms with van der Waals surface area (Å²) in [6.45, 7) is 4.55. The highest BCUT2D eigenvalue weighted by Gasteiger charge is 2.49. The number of ether oxygens (including phenoxy) is 4. The number of rotatable bonds is 9. The molecule has 0 unspecified atom stereocenters. The summed E-state index contributed by atoms with van der Waals surface area (Å²) in [4.78, 5) is 18.2. The number of fused-ring (bicyclic) bond motifs is 2. The molecule has 8 nitrogen and oxygen atoms in total. The van der Waals surface area contributed by atoms with Crippen LogP contribution in [0.1, 0.15) is 53.6 Å². The topological polar surface area (TPSA) is 99.1 Å². The van der Waals surface area contributed by atoms with E-state index in [2.05, 4.69) is 5.32 Å². The monoisotopic (exact) mass is 552 g/mol. The first kappa shape index (κ1) is 26.5. The SMILES string of the molecule is COc1ccc([C@@H]2c3nc(NC(C)C)ccc3[C@H](c3ccc4c(c3)OCO4)[C@H]2C(=O)O)c(OCc2ccccc2)c1. The van der Waals surface area contributed by atoms with Gasteiger partial charge in [0.15, 0.2) is 11.5 Å². The number of carbonyl (C=O) groups is 1. The number of methoxy groups -OCH3 is 1. The van der Waals surface area contributed by atoms with E-state index in [1.807, 2.05) is 92.7 Å². The third-order valence-electron chi connectivity index (χ3n) is 7.58. The third kappa shape index (κ3) is 5.13. The van der Waals surface area contributed by atoms with Gasteiger partial charge in [0.2, 0.25) is 6.79 Å². The fourth-order valence-electron chi connectivity index (χ4n) is 5.81. The van der Waals surface area contributed by atoms with Crippen molar-refractivity contribution < 1.29 is 28.8 Å². The average Bonchev–Trinajstić information content (AvgIpc) is 3.58. The highest BCUT2D eigenvalue weighted by molar-refractivity contribution is 5.78. The number of nitrogens with zero attached hydrogens (tertiary/aromatic N) is 1. The van der Waals surface area contributed by atoms with Gasteiger partial charge in [0.1, 0.15) is 23.9 Å². The minimum Gasteiger partial charge on any atom is -0.497 e. The Kier molecular flexibility index (Phi) is 7.14. The van der Waals surface area contributed by atoms with Crippen LogP contribution in [0.25, 0.3) is 0 Å². The number of carboxylic acids is 1. The molecule has 1 aliphatic heterocycles. The van der Waals surface area contributed by atoms with Crippen LogP contribution in [0.5, 0.6) is 23.0 Å². The first-order valence-electron chi connectivity index (χ1n) is 13.7. The molecule has 3 atom stereocenters. The number of hydrogen-bond acceptors (Lipinski definition) is 7. The lowest BCUT2D eigenvalue weighted by molar-refractivity contribution is -0.142. The van der Waals surface area contributed by atoms with Gasteiger partial charge in [0.25, 0.3) is 0 Å². The van der Waals surface area contributed by atoms with Gasteiger partial charge in [-0.1, -0.05) is 48.5 Å². The van der Waals surface area contributed by atoms with Crippen LogP contribution in [0, 0.1) is 5.92 Å². The standard InChI is InChI=1S/C33H32N2O6/c1-19(2)34-28-14-12-24-29(21-9-13-25-27(15-21)41-18-40-25)31(33(36)37)30(32(24)35-28)23-11-10-22(38-3)16-26(23)39-17-20-7-5-4-6-8-20/h4-16,19,29-31H,17-18H2,1-3H3,(H,34,35)(H,36,37)/t29-,30-,31+/m0/s1. The van der Waals surface area contributed by atoms with Crippen LogP contribution in [0.4, 0.5) is 5.82 Å². The van der Waals surface area contributed by atoms with Crippen molar-refractivity contribution in [1.82, 2.24) is 4.98 Å². The number of benzene rings is 3. The number of carboxylic acid groups (broad SMARTS) is 1. The molecule has 0 fully saturated rings. The Hall–Kier alpha value is -4.72. The Morgan fingerprint density at radius 1 is 0.976 bits per heavy atom. The molecule has 2 N–H and O–H groups in total. The molecule has 0 spiro atoms. The average molecular weight is 553 g/mol. The van der Waals surface area contributed by atoms with Gasteiger partial charge in [0, 0.05) is 29.5 Å². The van der Waals surface area contributed by atoms with E-state index in [0.717, 1.165) is 22.3 Å². The molecule has 210 valence electrons. The van der Waals surface area contributed by atoms with Crippen LogP contribution in [0.2, 0.25) is 0 Å². The molecular weight excluding hydrogens is 520 g/mol. The molecule has 1 aliphatic carbocycles. The van der Waals surface area contributed by atoms with Crippen molar-refractivity contribution in [3.63, 3.8) is 0 Å². The molecule has 8 heteroatoms. The van der Waals surface area contributed by atoms with E-state index < -0.39 is 23.7 Å². The summed E-state index contributed by atoms with van der Waals surface area (Å²) in [6, 6.07) is 25.1. The second-order valence-corrected chi connectivity index (χ2v) is 10.6. The number of nitrogens with one attached hydrogen (secondary N) is 1. The Bertz CT molecular complexity index is 1570. The minimum atomic E-state index is -0.918. The van der Waals surface area contributed by atoms with Gasteiger partial charge in [-0.3, -0.25) is 4.79 Å². The van der Waals surface area contributed by atoms with E-state index in [1.54, 1.807) is 7.11 Å². The van der Waals surface area contributed by atoms with Crippen molar-refractivity contribution in [2.75, 3.05) is 19.2 Å². The van der Waals surface area contributed by atoms with Crippen LogP contribution in [0.15, 0.2) is 78.9 Å². The fraction of sp³-hybridized carbons (Fsp3) is 0.273. The molecule has 1 aromatic heterocycles. The van der Waals surface area contributed by atoms with E-state index >= 15 is 0 Å². The highest BCUT2D eigenvalue weighted by atomic mass is 16.7. The lowest BCUT2D eigenvalue weighted by Crippen LogP contribution is -2.24. The molecule has 0 bridgehead atoms. The Balaban J connectivity index is 1.50. The van der Waals surface area contributed by atoms with Crippen molar-refractivity contribution in [2.45, 2.75) is 38.3 Å². The van der Waals surface area contributed by atoms with Crippen molar-refractivity contribution in [3.8, 4) is 23.0 Å². The van der Waals surface area contributed by atoms with Gasteiger partial charge in [-0.25, -0.2) is 4.98 Å². The van der Waals surface area contributed by atoms with Gasteiger partial charge in [-0.2, -0.15) is 0 Å². The second kappa shape index (κ2) is 11.0. The Labute approximate surface area is 238 Å². The maximum Gasteiger partial charge on any atom is 0.308 e. The molecule has 2 aliphatic rings. The lowest BCUT2D eigenvalue weighted by Gasteiger charge is -2.24. The zero-order chi connectivity index (χ0) is 28.5. The van der Waals surface area contributed by atoms with Gasteiger partial charge in [-0.15, -0.1) is 0 Å². The van der Waals surface area contributed by atoms with Gasteiger partial charge in [0.05, 0.1) is 18.7 Å². The van der Waals surface area contributed by atoms with E-state index in [-0.39, 0.29) is 12.8 Å². The van der Waals surface area contributed by atoms with Crippen molar-refractivity contribution >= 4 is 11.8 Å². The highest BCUT2D eigenvalue weighted by Crippen LogP contribution is 2.55. The number of aromatic nitrogens is 1. The first-order chi connectivity index (χ1) is 19.9. The maximum atomic E-state index is 13.2. The summed E-state index contributed by atoms with van der Waals surface area (Å²) >= 11 is 0. The summed E-state index contributed by atoms with van der Waals surface area (Å²) in [6.07, 6.45) is 0. The Morgan fingerprint density at radius 2 is 1.76 bits per heavy atom. The fourth-order valence-corrected chi connectivity index (χ4v) is 5.81. The predicted molar refractivity (Wildman–Crippen MR) is 154 cm³/mol. The van der Waals surface area contributed by atoms with Crippen LogP contribution < -0.4 is 24.3 Å². The molecule has 2 heterocycles.